The lowest BCUT2D eigenvalue weighted by Crippen LogP contribution is -2.48. The number of hydrogen-bond acceptors (Lipinski definition) is 3. The Labute approximate surface area is 118 Å². The van der Waals surface area contributed by atoms with Crippen LogP contribution in [0.3, 0.4) is 0 Å². The van der Waals surface area contributed by atoms with Crippen LogP contribution in [-0.2, 0) is 11.2 Å². The van der Waals surface area contributed by atoms with Crippen molar-refractivity contribution in [1.82, 2.24) is 0 Å². The molecule has 0 radical (unpaired) electrons. The van der Waals surface area contributed by atoms with Crippen molar-refractivity contribution < 1.29 is 14.7 Å². The molecule has 1 aromatic carbocycles. The van der Waals surface area contributed by atoms with Crippen LogP contribution < -0.4 is 10.6 Å². The zero-order valence-electron chi connectivity index (χ0n) is 11.8. The molecule has 1 heterocycles. The van der Waals surface area contributed by atoms with Crippen LogP contribution in [0.5, 0.6) is 0 Å². The van der Waals surface area contributed by atoms with Crippen LogP contribution in [0, 0.1) is 5.92 Å². The van der Waals surface area contributed by atoms with Crippen LogP contribution in [0.25, 0.3) is 0 Å². The molecule has 0 spiro atoms. The highest BCUT2D eigenvalue weighted by atomic mass is 16.4. The number of benzene rings is 1. The van der Waals surface area contributed by atoms with E-state index in [2.05, 4.69) is 0 Å². The van der Waals surface area contributed by atoms with E-state index in [1.165, 1.54) is 6.07 Å². The van der Waals surface area contributed by atoms with E-state index in [1.54, 1.807) is 17.0 Å². The minimum atomic E-state index is -0.949. The predicted octanol–water partition coefficient (Wildman–Crippen LogP) is 1.65. The number of aryl methyl sites for hydroxylation is 1. The SMILES string of the molecule is CC(C)[C@H](N)C(=O)N1CCCc2cc(C(=O)O)ccc21. The van der Waals surface area contributed by atoms with E-state index in [9.17, 15) is 9.59 Å². The highest BCUT2D eigenvalue weighted by Gasteiger charge is 2.28. The first-order chi connectivity index (χ1) is 9.41. The lowest BCUT2D eigenvalue weighted by atomic mass is 9.97. The van der Waals surface area contributed by atoms with Gasteiger partial charge in [0.2, 0.25) is 5.91 Å². The van der Waals surface area contributed by atoms with E-state index in [1.807, 2.05) is 13.8 Å². The van der Waals surface area contributed by atoms with Gasteiger partial charge in [0.1, 0.15) is 0 Å². The van der Waals surface area contributed by atoms with E-state index in [0.29, 0.717) is 6.54 Å². The molecule has 1 atom stereocenters. The lowest BCUT2D eigenvalue weighted by Gasteiger charge is -2.32. The second kappa shape index (κ2) is 5.63. The molecule has 1 aromatic rings. The smallest absolute Gasteiger partial charge is 0.335 e. The minimum Gasteiger partial charge on any atom is -0.478 e. The largest absolute Gasteiger partial charge is 0.478 e. The van der Waals surface area contributed by atoms with Gasteiger partial charge in [-0.15, -0.1) is 0 Å². The van der Waals surface area contributed by atoms with Crippen LogP contribution in [0.4, 0.5) is 5.69 Å². The normalized spacial score (nSPS) is 15.9. The van der Waals surface area contributed by atoms with Gasteiger partial charge in [-0.3, -0.25) is 4.79 Å². The number of hydrogen-bond donors (Lipinski definition) is 2. The number of fused-ring (bicyclic) bond motifs is 1. The third kappa shape index (κ3) is 2.67. The maximum Gasteiger partial charge on any atom is 0.335 e. The van der Waals surface area contributed by atoms with Crippen molar-refractivity contribution in [2.24, 2.45) is 11.7 Å². The molecule has 0 saturated carbocycles. The molecule has 5 heteroatoms. The molecule has 1 aliphatic heterocycles. The van der Waals surface area contributed by atoms with Gasteiger partial charge in [-0.05, 0) is 42.5 Å². The topological polar surface area (TPSA) is 83.6 Å². The van der Waals surface area contributed by atoms with Crippen LogP contribution in [0.15, 0.2) is 18.2 Å². The number of carboxylic acids is 1. The first kappa shape index (κ1) is 14.5. The highest BCUT2D eigenvalue weighted by Crippen LogP contribution is 2.29. The molecular weight excluding hydrogens is 256 g/mol. The molecule has 0 aromatic heterocycles. The van der Waals surface area contributed by atoms with E-state index in [-0.39, 0.29) is 17.4 Å². The van der Waals surface area contributed by atoms with Crippen molar-refractivity contribution in [3.8, 4) is 0 Å². The molecule has 0 fully saturated rings. The Morgan fingerprint density at radius 2 is 2.05 bits per heavy atom. The Morgan fingerprint density at radius 3 is 2.65 bits per heavy atom. The zero-order chi connectivity index (χ0) is 14.9. The van der Waals surface area contributed by atoms with Gasteiger partial charge in [-0.2, -0.15) is 0 Å². The number of carbonyl (C=O) groups is 2. The van der Waals surface area contributed by atoms with Crippen molar-refractivity contribution in [3.05, 3.63) is 29.3 Å². The van der Waals surface area contributed by atoms with Gasteiger partial charge in [-0.25, -0.2) is 4.79 Å². The standard InChI is InChI=1S/C15H20N2O3/c1-9(2)13(16)14(18)17-7-3-4-10-8-11(15(19)20)5-6-12(10)17/h5-6,8-9,13H,3-4,7,16H2,1-2H3,(H,19,20)/t13-/m0/s1. The third-order valence-electron chi connectivity index (χ3n) is 3.71. The summed E-state index contributed by atoms with van der Waals surface area (Å²) in [4.78, 5) is 25.1. The van der Waals surface area contributed by atoms with Gasteiger partial charge in [0.25, 0.3) is 0 Å². The van der Waals surface area contributed by atoms with E-state index < -0.39 is 12.0 Å². The number of nitrogens with zero attached hydrogens (tertiary/aromatic N) is 1. The first-order valence-electron chi connectivity index (χ1n) is 6.85. The van der Waals surface area contributed by atoms with Gasteiger partial charge < -0.3 is 15.7 Å². The summed E-state index contributed by atoms with van der Waals surface area (Å²) in [7, 11) is 0. The van der Waals surface area contributed by atoms with E-state index in [4.69, 9.17) is 10.8 Å². The summed E-state index contributed by atoms with van der Waals surface area (Å²) in [6, 6.07) is 4.37. The number of nitrogens with two attached hydrogens (primary N) is 1. The zero-order valence-corrected chi connectivity index (χ0v) is 11.8. The molecule has 0 saturated heterocycles. The molecule has 1 amide bonds. The molecule has 0 bridgehead atoms. The molecule has 5 nitrogen and oxygen atoms in total. The fourth-order valence-electron chi connectivity index (χ4n) is 2.42. The molecular formula is C15H20N2O3. The summed E-state index contributed by atoms with van der Waals surface area (Å²) in [5, 5.41) is 9.02. The number of rotatable bonds is 3. The summed E-state index contributed by atoms with van der Waals surface area (Å²) in [6.07, 6.45) is 1.61. The fourth-order valence-corrected chi connectivity index (χ4v) is 2.42. The van der Waals surface area contributed by atoms with Crippen LogP contribution in [0.2, 0.25) is 0 Å². The summed E-state index contributed by atoms with van der Waals surface area (Å²) >= 11 is 0. The van der Waals surface area contributed by atoms with Gasteiger partial charge in [-0.1, -0.05) is 13.8 Å². The number of carbonyl (C=O) groups excluding carboxylic acids is 1. The van der Waals surface area contributed by atoms with E-state index >= 15 is 0 Å². The van der Waals surface area contributed by atoms with Crippen molar-refractivity contribution in [2.75, 3.05) is 11.4 Å². The second-order valence-electron chi connectivity index (χ2n) is 5.51. The Morgan fingerprint density at radius 1 is 1.35 bits per heavy atom. The van der Waals surface area contributed by atoms with Crippen molar-refractivity contribution in [3.63, 3.8) is 0 Å². The molecule has 20 heavy (non-hydrogen) atoms. The monoisotopic (exact) mass is 276 g/mol. The summed E-state index contributed by atoms with van der Waals surface area (Å²) in [5.41, 5.74) is 7.89. The Hall–Kier alpha value is -1.88. The maximum absolute atomic E-state index is 12.4. The fraction of sp³-hybridized carbons (Fsp3) is 0.467. The van der Waals surface area contributed by atoms with E-state index in [0.717, 1.165) is 24.1 Å². The Balaban J connectivity index is 2.33. The second-order valence-corrected chi connectivity index (χ2v) is 5.51. The predicted molar refractivity (Wildman–Crippen MR) is 76.9 cm³/mol. The quantitative estimate of drug-likeness (QED) is 0.879. The Bertz CT molecular complexity index is 540. The molecule has 0 unspecified atom stereocenters. The molecule has 1 aliphatic rings. The number of amides is 1. The van der Waals surface area contributed by atoms with Crippen LogP contribution in [-0.4, -0.2) is 29.6 Å². The number of carboxylic acid groups (broad SMARTS) is 1. The summed E-state index contributed by atoms with van der Waals surface area (Å²) < 4.78 is 0. The molecule has 3 N–H and O–H groups in total. The van der Waals surface area contributed by atoms with Crippen molar-refractivity contribution >= 4 is 17.6 Å². The van der Waals surface area contributed by atoms with Gasteiger partial charge in [0.15, 0.2) is 0 Å². The van der Waals surface area contributed by atoms with Crippen molar-refractivity contribution in [1.29, 1.82) is 0 Å². The average Bonchev–Trinajstić information content (AvgIpc) is 2.44. The van der Waals surface area contributed by atoms with Crippen LogP contribution >= 0.6 is 0 Å². The Kier molecular flexibility index (Phi) is 4.09. The third-order valence-corrected chi connectivity index (χ3v) is 3.71. The van der Waals surface area contributed by atoms with Gasteiger partial charge in [0.05, 0.1) is 11.6 Å². The van der Waals surface area contributed by atoms with Crippen LogP contribution in [0.1, 0.15) is 36.2 Å². The number of anilines is 1. The first-order valence-corrected chi connectivity index (χ1v) is 6.85. The molecule has 2 rings (SSSR count). The maximum atomic E-state index is 12.4. The lowest BCUT2D eigenvalue weighted by molar-refractivity contribution is -0.120. The highest BCUT2D eigenvalue weighted by molar-refractivity contribution is 5.99. The summed E-state index contributed by atoms with van der Waals surface area (Å²) in [5.74, 6) is -0.967. The molecule has 108 valence electrons. The van der Waals surface area contributed by atoms with Gasteiger partial charge in [0, 0.05) is 12.2 Å². The summed E-state index contributed by atoms with van der Waals surface area (Å²) in [6.45, 7) is 4.47. The molecule has 0 aliphatic carbocycles. The minimum absolute atomic E-state index is 0.0752. The average molecular weight is 276 g/mol. The van der Waals surface area contributed by atoms with Crippen molar-refractivity contribution in [2.45, 2.75) is 32.7 Å². The number of aromatic carboxylic acids is 1. The van der Waals surface area contributed by atoms with Gasteiger partial charge >= 0.3 is 5.97 Å².